The van der Waals surface area contributed by atoms with Crippen molar-refractivity contribution in [2.24, 2.45) is 4.99 Å². The highest BCUT2D eigenvalue weighted by Gasteiger charge is 2.26. The molecule has 0 aromatic carbocycles. The maximum absolute atomic E-state index is 12.2. The van der Waals surface area contributed by atoms with E-state index in [1.54, 1.807) is 6.26 Å². The van der Waals surface area contributed by atoms with Crippen molar-refractivity contribution in [3.63, 3.8) is 0 Å². The quantitative estimate of drug-likeness (QED) is 0.547. The minimum absolute atomic E-state index is 0.323. The van der Waals surface area contributed by atoms with Gasteiger partial charge in [0.15, 0.2) is 5.96 Å². The summed E-state index contributed by atoms with van der Waals surface area (Å²) in [4.78, 5) is 4.73. The second kappa shape index (κ2) is 10.6. The lowest BCUT2D eigenvalue weighted by Gasteiger charge is -2.31. The van der Waals surface area contributed by atoms with E-state index in [-0.39, 0.29) is 0 Å². The van der Waals surface area contributed by atoms with Crippen molar-refractivity contribution in [1.82, 2.24) is 10.6 Å². The maximum Gasteiger partial charge on any atom is 0.191 e. The molecule has 0 amide bonds. The summed E-state index contributed by atoms with van der Waals surface area (Å²) in [5, 5.41) is 7.39. The lowest BCUT2D eigenvalue weighted by molar-refractivity contribution is 0.411. The maximum atomic E-state index is 12.2. The van der Waals surface area contributed by atoms with Gasteiger partial charge in [0, 0.05) is 46.9 Å². The van der Waals surface area contributed by atoms with Crippen LogP contribution < -0.4 is 10.6 Å². The largest absolute Gasteiger partial charge is 0.469 e. The van der Waals surface area contributed by atoms with Gasteiger partial charge in [0.1, 0.15) is 5.76 Å². The standard InChI is InChI=1S/C19H33N3O2S/c1-4-15(3)21-19(20-12-11-17-9-7-13-24-17)22-16-8-6-10-18(14-16)25(23)5-2/h7,9,13,15-16,18H,4-6,8,10-12,14H2,1-3H3,(H2,20,21,22). The van der Waals surface area contributed by atoms with Crippen molar-refractivity contribution in [2.45, 2.75) is 76.6 Å². The molecule has 1 aliphatic rings. The molecule has 0 aliphatic heterocycles. The first-order valence-electron chi connectivity index (χ1n) is 9.59. The number of guanidine groups is 1. The molecule has 1 heterocycles. The zero-order valence-electron chi connectivity index (χ0n) is 15.8. The normalized spacial score (nSPS) is 23.9. The van der Waals surface area contributed by atoms with Gasteiger partial charge in [0.25, 0.3) is 0 Å². The highest BCUT2D eigenvalue weighted by atomic mass is 32.2. The van der Waals surface area contributed by atoms with Crippen LogP contribution in [0.25, 0.3) is 0 Å². The van der Waals surface area contributed by atoms with Crippen molar-refractivity contribution in [3.05, 3.63) is 24.2 Å². The van der Waals surface area contributed by atoms with Crippen LogP contribution in [0.3, 0.4) is 0 Å². The Kier molecular flexibility index (Phi) is 8.52. The Hall–Kier alpha value is -1.30. The number of aliphatic imine (C=N–C) groups is 1. The van der Waals surface area contributed by atoms with Gasteiger partial charge in [-0.05, 0) is 44.7 Å². The monoisotopic (exact) mass is 367 g/mol. The molecule has 0 spiro atoms. The molecule has 0 radical (unpaired) electrons. The van der Waals surface area contributed by atoms with Crippen molar-refractivity contribution >= 4 is 16.8 Å². The minimum Gasteiger partial charge on any atom is -0.469 e. The van der Waals surface area contributed by atoms with E-state index >= 15 is 0 Å². The number of nitrogens with one attached hydrogen (secondary N) is 2. The van der Waals surface area contributed by atoms with Gasteiger partial charge in [0.05, 0.1) is 6.26 Å². The molecule has 0 bridgehead atoms. The Morgan fingerprint density at radius 3 is 2.96 bits per heavy atom. The Morgan fingerprint density at radius 1 is 1.44 bits per heavy atom. The average Bonchev–Trinajstić information content (AvgIpc) is 3.14. The summed E-state index contributed by atoms with van der Waals surface area (Å²) in [7, 11) is -0.700. The lowest BCUT2D eigenvalue weighted by atomic mass is 9.95. The Balaban J connectivity index is 1.93. The van der Waals surface area contributed by atoms with Gasteiger partial charge < -0.3 is 15.1 Å². The summed E-state index contributed by atoms with van der Waals surface area (Å²) in [5.41, 5.74) is 0. The predicted molar refractivity (Wildman–Crippen MR) is 105 cm³/mol. The Morgan fingerprint density at radius 2 is 2.28 bits per heavy atom. The Labute approximate surface area is 154 Å². The summed E-state index contributed by atoms with van der Waals surface area (Å²) in [5.74, 6) is 2.59. The first-order chi connectivity index (χ1) is 12.1. The van der Waals surface area contributed by atoms with E-state index in [1.807, 2.05) is 19.1 Å². The SMILES string of the molecule is CCC(C)NC(=NCCc1ccco1)NC1CCCC(S(=O)CC)C1. The topological polar surface area (TPSA) is 66.6 Å². The zero-order chi connectivity index (χ0) is 18.1. The fraction of sp³-hybridized carbons (Fsp3) is 0.737. The van der Waals surface area contributed by atoms with E-state index in [0.29, 0.717) is 23.9 Å². The second-order valence-electron chi connectivity index (χ2n) is 6.81. The molecule has 1 aromatic heterocycles. The van der Waals surface area contributed by atoms with E-state index in [0.717, 1.165) is 56.0 Å². The van der Waals surface area contributed by atoms with Crippen LogP contribution in [0.15, 0.2) is 27.8 Å². The average molecular weight is 368 g/mol. The summed E-state index contributed by atoms with van der Waals surface area (Å²) >= 11 is 0. The molecule has 25 heavy (non-hydrogen) atoms. The number of hydrogen-bond donors (Lipinski definition) is 2. The van der Waals surface area contributed by atoms with Crippen LogP contribution in [0.4, 0.5) is 0 Å². The molecule has 1 aliphatic carbocycles. The molecule has 5 nitrogen and oxygen atoms in total. The summed E-state index contributed by atoms with van der Waals surface area (Å²) in [6.45, 7) is 7.04. The van der Waals surface area contributed by atoms with E-state index in [9.17, 15) is 4.21 Å². The highest BCUT2D eigenvalue weighted by Crippen LogP contribution is 2.23. The van der Waals surface area contributed by atoms with Gasteiger partial charge >= 0.3 is 0 Å². The first kappa shape index (κ1) is 20.0. The predicted octanol–water partition coefficient (Wildman–Crippen LogP) is 3.24. The van der Waals surface area contributed by atoms with Crippen LogP contribution in [-0.2, 0) is 17.2 Å². The van der Waals surface area contributed by atoms with Crippen molar-refractivity contribution in [1.29, 1.82) is 0 Å². The number of nitrogens with zero attached hydrogens (tertiary/aromatic N) is 1. The van der Waals surface area contributed by atoms with Crippen LogP contribution in [0.1, 0.15) is 58.6 Å². The van der Waals surface area contributed by atoms with Crippen molar-refractivity contribution in [2.75, 3.05) is 12.3 Å². The molecule has 2 N–H and O–H groups in total. The van der Waals surface area contributed by atoms with Gasteiger partial charge in [0.2, 0.25) is 0 Å². The highest BCUT2D eigenvalue weighted by molar-refractivity contribution is 7.85. The third-order valence-electron chi connectivity index (χ3n) is 4.83. The van der Waals surface area contributed by atoms with Crippen LogP contribution >= 0.6 is 0 Å². The summed E-state index contributed by atoms with van der Waals surface area (Å²) in [6.07, 6.45) is 7.86. The molecule has 0 saturated heterocycles. The third kappa shape index (κ3) is 6.84. The third-order valence-corrected chi connectivity index (χ3v) is 6.57. The molecule has 142 valence electrons. The molecule has 1 saturated carbocycles. The molecule has 4 unspecified atom stereocenters. The van der Waals surface area contributed by atoms with E-state index in [2.05, 4.69) is 24.5 Å². The fourth-order valence-corrected chi connectivity index (χ4v) is 4.49. The van der Waals surface area contributed by atoms with Crippen LogP contribution in [0.5, 0.6) is 0 Å². The number of hydrogen-bond acceptors (Lipinski definition) is 3. The van der Waals surface area contributed by atoms with Gasteiger partial charge in [-0.2, -0.15) is 0 Å². The van der Waals surface area contributed by atoms with E-state index in [4.69, 9.17) is 9.41 Å². The number of furan rings is 1. The summed E-state index contributed by atoms with van der Waals surface area (Å²) < 4.78 is 17.5. The Bertz CT molecular complexity index is 545. The molecule has 4 atom stereocenters. The second-order valence-corrected chi connectivity index (χ2v) is 8.82. The lowest BCUT2D eigenvalue weighted by Crippen LogP contribution is -2.49. The van der Waals surface area contributed by atoms with Crippen LogP contribution in [-0.4, -0.2) is 39.8 Å². The number of rotatable bonds is 8. The van der Waals surface area contributed by atoms with Gasteiger partial charge in [-0.3, -0.25) is 9.20 Å². The van der Waals surface area contributed by atoms with Crippen LogP contribution in [0, 0.1) is 0 Å². The molecular formula is C19H33N3O2S. The van der Waals surface area contributed by atoms with Crippen molar-refractivity contribution < 1.29 is 8.63 Å². The zero-order valence-corrected chi connectivity index (χ0v) is 16.6. The molecular weight excluding hydrogens is 334 g/mol. The fourth-order valence-electron chi connectivity index (χ4n) is 3.15. The van der Waals surface area contributed by atoms with Gasteiger partial charge in [-0.1, -0.05) is 20.3 Å². The van der Waals surface area contributed by atoms with Crippen LogP contribution in [0.2, 0.25) is 0 Å². The van der Waals surface area contributed by atoms with Gasteiger partial charge in [-0.15, -0.1) is 0 Å². The van der Waals surface area contributed by atoms with Gasteiger partial charge in [-0.25, -0.2) is 0 Å². The molecule has 1 fully saturated rings. The molecule has 1 aromatic rings. The first-order valence-corrected chi connectivity index (χ1v) is 11.0. The summed E-state index contributed by atoms with van der Waals surface area (Å²) in [6, 6.07) is 4.62. The molecule has 2 rings (SSSR count). The van der Waals surface area contributed by atoms with E-state index < -0.39 is 10.8 Å². The van der Waals surface area contributed by atoms with Crippen molar-refractivity contribution in [3.8, 4) is 0 Å². The smallest absolute Gasteiger partial charge is 0.191 e. The minimum atomic E-state index is -0.700. The molecule has 6 heteroatoms. The van der Waals surface area contributed by atoms with E-state index in [1.165, 1.54) is 0 Å².